The molecule has 0 aliphatic heterocycles. The van der Waals surface area contributed by atoms with E-state index in [1.165, 1.54) is 51.4 Å². The molecule has 0 unspecified atom stereocenters. The van der Waals surface area contributed by atoms with Crippen LogP contribution in [0.15, 0.2) is 0 Å². The van der Waals surface area contributed by atoms with Crippen LogP contribution in [0.3, 0.4) is 0 Å². The Bertz CT molecular complexity index is 225. The fourth-order valence-corrected chi connectivity index (χ4v) is 5.20. The molecule has 0 aromatic heterocycles. The van der Waals surface area contributed by atoms with E-state index < -0.39 is 8.56 Å². The topological polar surface area (TPSA) is 56.5 Å². The number of unbranched alkanes of at least 4 members (excludes halogenated alkanes) is 6. The van der Waals surface area contributed by atoms with Crippen LogP contribution < -0.4 is 11.1 Å². The Labute approximate surface area is 139 Å². The van der Waals surface area contributed by atoms with Gasteiger partial charge in [-0.05, 0) is 65.3 Å². The van der Waals surface area contributed by atoms with Gasteiger partial charge in [-0.3, -0.25) is 0 Å². The Balaban J connectivity index is 3.34. The van der Waals surface area contributed by atoms with Gasteiger partial charge in [0.05, 0.1) is 0 Å². The van der Waals surface area contributed by atoms with Crippen LogP contribution in [0.25, 0.3) is 0 Å². The quantitative estimate of drug-likeness (QED) is 0.314. The molecule has 0 aliphatic rings. The maximum Gasteiger partial charge on any atom is 0.334 e. The number of nitrogens with two attached hydrogens (primary N) is 1. The molecular formula is C17H40N2O2Si. The Morgan fingerprint density at radius 1 is 0.773 bits per heavy atom. The van der Waals surface area contributed by atoms with Gasteiger partial charge in [-0.25, -0.2) is 0 Å². The zero-order valence-corrected chi connectivity index (χ0v) is 16.3. The molecule has 3 N–H and O–H groups in total. The highest BCUT2D eigenvalue weighted by Crippen LogP contribution is 2.18. The van der Waals surface area contributed by atoms with Gasteiger partial charge in [0.15, 0.2) is 0 Å². The van der Waals surface area contributed by atoms with Gasteiger partial charge in [-0.15, -0.1) is 0 Å². The van der Waals surface area contributed by atoms with Crippen molar-refractivity contribution in [3.05, 3.63) is 0 Å². The summed E-state index contributed by atoms with van der Waals surface area (Å²) >= 11 is 0. The van der Waals surface area contributed by atoms with Crippen molar-refractivity contribution in [3.8, 4) is 0 Å². The van der Waals surface area contributed by atoms with E-state index in [4.69, 9.17) is 14.6 Å². The van der Waals surface area contributed by atoms with Gasteiger partial charge >= 0.3 is 8.56 Å². The highest BCUT2D eigenvalue weighted by atomic mass is 28.4. The van der Waals surface area contributed by atoms with Gasteiger partial charge in [-0.2, -0.15) is 0 Å². The Kier molecular flexibility index (Phi) is 16.0. The molecule has 0 rings (SSSR count). The minimum absolute atomic E-state index is 0.776. The molecule has 0 aromatic rings. The molecule has 0 heterocycles. The smallest absolute Gasteiger partial charge is 0.334 e. The van der Waals surface area contributed by atoms with Crippen LogP contribution in [0.5, 0.6) is 0 Å². The number of hydrogen-bond acceptors (Lipinski definition) is 4. The summed E-state index contributed by atoms with van der Waals surface area (Å²) in [6.07, 6.45) is 10.2. The normalized spacial score (nSPS) is 12.0. The summed E-state index contributed by atoms with van der Waals surface area (Å²) in [6.45, 7) is 11.0. The lowest BCUT2D eigenvalue weighted by molar-refractivity contribution is 0.188. The van der Waals surface area contributed by atoms with Crippen LogP contribution in [-0.2, 0) is 8.85 Å². The van der Waals surface area contributed by atoms with Gasteiger partial charge in [0.25, 0.3) is 0 Å². The van der Waals surface area contributed by atoms with Gasteiger partial charge in [0.2, 0.25) is 0 Å². The largest absolute Gasteiger partial charge is 0.395 e. The first-order valence-electron chi connectivity index (χ1n) is 9.37. The van der Waals surface area contributed by atoms with E-state index in [2.05, 4.69) is 25.7 Å². The average molecular weight is 333 g/mol. The first-order chi connectivity index (χ1) is 10.7. The maximum absolute atomic E-state index is 5.87. The molecule has 22 heavy (non-hydrogen) atoms. The van der Waals surface area contributed by atoms with Crippen molar-refractivity contribution in [2.45, 2.75) is 77.8 Å². The summed E-state index contributed by atoms with van der Waals surface area (Å²) in [5.41, 5.74) is 5.48. The van der Waals surface area contributed by atoms with Crippen molar-refractivity contribution in [3.63, 3.8) is 0 Å². The Morgan fingerprint density at radius 2 is 1.27 bits per heavy atom. The number of nitrogens with one attached hydrogen (secondary N) is 1. The fourth-order valence-electron chi connectivity index (χ4n) is 2.72. The van der Waals surface area contributed by atoms with Crippen LogP contribution in [0, 0.1) is 0 Å². The van der Waals surface area contributed by atoms with E-state index in [9.17, 15) is 0 Å². The fraction of sp³-hybridized carbons (Fsp3) is 1.00. The van der Waals surface area contributed by atoms with Gasteiger partial charge in [0.1, 0.15) is 0 Å². The van der Waals surface area contributed by atoms with Crippen molar-refractivity contribution in [2.75, 3.05) is 32.8 Å². The SMILES string of the molecule is CCO[Si](C)(CCCCCCNCCCCCCN)OCC. The second kappa shape index (κ2) is 15.9. The van der Waals surface area contributed by atoms with Crippen LogP contribution in [0.4, 0.5) is 0 Å². The molecule has 0 atom stereocenters. The third-order valence-electron chi connectivity index (χ3n) is 3.94. The standard InChI is InChI=1S/C17H40N2O2Si/c1-4-20-22(3,21-5-2)17-13-9-8-12-16-19-15-11-7-6-10-14-18/h19H,4-18H2,1-3H3. The molecule has 0 fully saturated rings. The molecule has 134 valence electrons. The molecule has 4 nitrogen and oxygen atoms in total. The zero-order chi connectivity index (χ0) is 16.5. The maximum atomic E-state index is 5.87. The summed E-state index contributed by atoms with van der Waals surface area (Å²) in [6, 6.07) is 1.13. The molecule has 0 aromatic carbocycles. The third-order valence-corrected chi connectivity index (χ3v) is 7.00. The van der Waals surface area contributed by atoms with Gasteiger partial charge in [0, 0.05) is 13.2 Å². The molecule has 0 aliphatic carbocycles. The molecule has 5 heteroatoms. The van der Waals surface area contributed by atoms with E-state index in [0.717, 1.165) is 38.9 Å². The highest BCUT2D eigenvalue weighted by Gasteiger charge is 2.29. The summed E-state index contributed by atoms with van der Waals surface area (Å²) in [5.74, 6) is 0. The third kappa shape index (κ3) is 13.7. The minimum Gasteiger partial charge on any atom is -0.395 e. The van der Waals surface area contributed by atoms with E-state index in [0.29, 0.717) is 0 Å². The predicted octanol–water partition coefficient (Wildman–Crippen LogP) is 3.80. The van der Waals surface area contributed by atoms with Gasteiger partial charge in [-0.1, -0.05) is 32.1 Å². The van der Waals surface area contributed by atoms with Crippen molar-refractivity contribution in [2.24, 2.45) is 5.73 Å². The van der Waals surface area contributed by atoms with E-state index in [1.807, 2.05) is 0 Å². The second-order valence-electron chi connectivity index (χ2n) is 6.12. The summed E-state index contributed by atoms with van der Waals surface area (Å²) in [4.78, 5) is 0. The summed E-state index contributed by atoms with van der Waals surface area (Å²) < 4.78 is 11.7. The first-order valence-corrected chi connectivity index (χ1v) is 11.9. The van der Waals surface area contributed by atoms with E-state index in [1.54, 1.807) is 0 Å². The molecule has 0 amide bonds. The summed E-state index contributed by atoms with van der Waals surface area (Å²) in [7, 11) is -1.87. The Morgan fingerprint density at radius 3 is 1.77 bits per heavy atom. The van der Waals surface area contributed by atoms with Crippen LogP contribution >= 0.6 is 0 Å². The lowest BCUT2D eigenvalue weighted by Crippen LogP contribution is -2.38. The molecule has 0 saturated heterocycles. The molecule has 0 saturated carbocycles. The molecular weight excluding hydrogens is 292 g/mol. The van der Waals surface area contributed by atoms with Gasteiger partial charge < -0.3 is 19.9 Å². The Hall–Kier alpha value is 0.0569. The van der Waals surface area contributed by atoms with Crippen molar-refractivity contribution in [1.29, 1.82) is 0 Å². The highest BCUT2D eigenvalue weighted by molar-refractivity contribution is 6.66. The lowest BCUT2D eigenvalue weighted by Gasteiger charge is -2.25. The average Bonchev–Trinajstić information content (AvgIpc) is 2.49. The number of hydrogen-bond donors (Lipinski definition) is 2. The van der Waals surface area contributed by atoms with E-state index >= 15 is 0 Å². The summed E-state index contributed by atoms with van der Waals surface area (Å²) in [5, 5.41) is 3.54. The predicted molar refractivity (Wildman–Crippen MR) is 98.5 cm³/mol. The monoisotopic (exact) mass is 332 g/mol. The van der Waals surface area contributed by atoms with E-state index in [-0.39, 0.29) is 0 Å². The van der Waals surface area contributed by atoms with Crippen LogP contribution in [0.1, 0.15) is 65.2 Å². The van der Waals surface area contributed by atoms with Crippen LogP contribution in [0.2, 0.25) is 12.6 Å². The first kappa shape index (κ1) is 22.1. The molecule has 0 spiro atoms. The van der Waals surface area contributed by atoms with Crippen molar-refractivity contribution in [1.82, 2.24) is 5.32 Å². The van der Waals surface area contributed by atoms with Crippen LogP contribution in [-0.4, -0.2) is 41.4 Å². The zero-order valence-electron chi connectivity index (χ0n) is 15.3. The van der Waals surface area contributed by atoms with Crippen molar-refractivity contribution < 1.29 is 8.85 Å². The van der Waals surface area contributed by atoms with Crippen molar-refractivity contribution >= 4 is 8.56 Å². The molecule has 0 bridgehead atoms. The second-order valence-corrected chi connectivity index (χ2v) is 9.46. The number of rotatable bonds is 17. The minimum atomic E-state index is -1.87. The lowest BCUT2D eigenvalue weighted by atomic mass is 10.2. The molecule has 0 radical (unpaired) electrons.